The second-order valence-electron chi connectivity index (χ2n) is 6.97. The van der Waals surface area contributed by atoms with Crippen molar-refractivity contribution in [3.05, 3.63) is 47.9 Å². The smallest absolute Gasteiger partial charge is 0.146 e. The molecule has 0 saturated carbocycles. The highest BCUT2D eigenvalue weighted by molar-refractivity contribution is 6.22. The summed E-state index contributed by atoms with van der Waals surface area (Å²) in [5.41, 5.74) is 9.52. The topological polar surface area (TPSA) is 74.7 Å². The van der Waals surface area contributed by atoms with E-state index in [1.807, 2.05) is 12.1 Å². The summed E-state index contributed by atoms with van der Waals surface area (Å²) in [5, 5.41) is 8.05. The quantitative estimate of drug-likeness (QED) is 0.478. The molecule has 146 valence electrons. The third-order valence-corrected chi connectivity index (χ3v) is 4.53. The predicted molar refractivity (Wildman–Crippen MR) is 115 cm³/mol. The van der Waals surface area contributed by atoms with Crippen LogP contribution in [0.1, 0.15) is 47.0 Å². The molecule has 3 N–H and O–H groups in total. The lowest BCUT2D eigenvalue weighted by Crippen LogP contribution is -2.30. The Bertz CT molecular complexity index is 729. The molecule has 0 atom stereocenters. The first-order chi connectivity index (χ1) is 13.0. The van der Waals surface area contributed by atoms with Gasteiger partial charge in [0, 0.05) is 24.4 Å². The normalized spacial score (nSPS) is 15.7. The van der Waals surface area contributed by atoms with Crippen LogP contribution in [0.25, 0.3) is 0 Å². The van der Waals surface area contributed by atoms with Gasteiger partial charge in [0.25, 0.3) is 0 Å². The molecule has 0 heterocycles. The van der Waals surface area contributed by atoms with E-state index in [-0.39, 0.29) is 0 Å². The maximum Gasteiger partial charge on any atom is 0.146 e. The van der Waals surface area contributed by atoms with E-state index < -0.39 is 0 Å². The van der Waals surface area contributed by atoms with Crippen LogP contribution in [-0.2, 0) is 4.74 Å². The van der Waals surface area contributed by atoms with Gasteiger partial charge in [0.2, 0.25) is 0 Å². The molecular formula is C22H32N4O. The first kappa shape index (κ1) is 20.7. The summed E-state index contributed by atoms with van der Waals surface area (Å²) < 4.78 is 5.75. The van der Waals surface area contributed by atoms with E-state index in [4.69, 9.17) is 15.9 Å². The van der Waals surface area contributed by atoms with Crippen LogP contribution in [0.3, 0.4) is 0 Å². The van der Waals surface area contributed by atoms with E-state index in [2.05, 4.69) is 49.7 Å². The third kappa shape index (κ3) is 5.71. The average molecular weight is 369 g/mol. The molecule has 1 aliphatic rings. The van der Waals surface area contributed by atoms with Gasteiger partial charge in [0.1, 0.15) is 5.76 Å². The molecule has 27 heavy (non-hydrogen) atoms. The predicted octanol–water partition coefficient (Wildman–Crippen LogP) is 4.96. The van der Waals surface area contributed by atoms with Gasteiger partial charge in [0.15, 0.2) is 0 Å². The summed E-state index contributed by atoms with van der Waals surface area (Å²) in [7, 11) is 0. The van der Waals surface area contributed by atoms with Crippen LogP contribution in [0.15, 0.2) is 52.9 Å². The van der Waals surface area contributed by atoms with Gasteiger partial charge in [-0.3, -0.25) is 5.41 Å². The minimum Gasteiger partial charge on any atom is -0.491 e. The summed E-state index contributed by atoms with van der Waals surface area (Å²) in [6.45, 7) is 10.3. The number of nitrogens with one attached hydrogen (secondary N) is 1. The Morgan fingerprint density at radius 2 is 1.81 bits per heavy atom. The van der Waals surface area contributed by atoms with Gasteiger partial charge in [0.05, 0.1) is 29.4 Å². The first-order valence-corrected chi connectivity index (χ1v) is 9.82. The number of hydrogen-bond donors (Lipinski definition) is 2. The van der Waals surface area contributed by atoms with E-state index in [9.17, 15) is 0 Å². The maximum atomic E-state index is 8.05. The minimum absolute atomic E-state index is 0.300. The first-order valence-electron chi connectivity index (χ1n) is 9.82. The van der Waals surface area contributed by atoms with Gasteiger partial charge in [-0.05, 0) is 57.5 Å². The molecule has 0 unspecified atom stereocenters. The van der Waals surface area contributed by atoms with Crippen LogP contribution in [0.5, 0.6) is 0 Å². The second-order valence-corrected chi connectivity index (χ2v) is 6.97. The van der Waals surface area contributed by atoms with E-state index in [1.165, 1.54) is 5.69 Å². The van der Waals surface area contributed by atoms with Crippen LogP contribution in [0.2, 0.25) is 0 Å². The lowest BCUT2D eigenvalue weighted by molar-refractivity contribution is 0.224. The van der Waals surface area contributed by atoms with Gasteiger partial charge in [-0.25, -0.2) is 4.99 Å². The summed E-state index contributed by atoms with van der Waals surface area (Å²) in [6.07, 6.45) is 6.63. The number of nitrogens with zero attached hydrogens (tertiary/aromatic N) is 2. The van der Waals surface area contributed by atoms with Gasteiger partial charge in [-0.1, -0.05) is 19.8 Å². The number of ether oxygens (including phenoxy) is 1. The number of rotatable bonds is 9. The number of aliphatic imine (C=N–C) groups is 1. The Morgan fingerprint density at radius 3 is 2.41 bits per heavy atom. The van der Waals surface area contributed by atoms with Crippen LogP contribution in [-0.4, -0.2) is 30.6 Å². The average Bonchev–Trinajstić information content (AvgIpc) is 2.64. The lowest BCUT2D eigenvalue weighted by Gasteiger charge is -2.27. The molecule has 2 rings (SSSR count). The van der Waals surface area contributed by atoms with Crippen molar-refractivity contribution in [2.24, 2.45) is 10.7 Å². The van der Waals surface area contributed by atoms with Gasteiger partial charge in [-0.15, -0.1) is 0 Å². The van der Waals surface area contributed by atoms with E-state index in [0.717, 1.165) is 31.5 Å². The van der Waals surface area contributed by atoms with Crippen molar-refractivity contribution in [3.8, 4) is 0 Å². The van der Waals surface area contributed by atoms with Crippen molar-refractivity contribution in [1.29, 1.82) is 5.41 Å². The van der Waals surface area contributed by atoms with Crippen molar-refractivity contribution in [1.82, 2.24) is 0 Å². The minimum atomic E-state index is 0.300. The van der Waals surface area contributed by atoms with Crippen molar-refractivity contribution >= 4 is 22.8 Å². The zero-order chi connectivity index (χ0) is 19.8. The molecule has 5 nitrogen and oxygen atoms in total. The summed E-state index contributed by atoms with van der Waals surface area (Å²) in [6, 6.07) is 8.61. The van der Waals surface area contributed by atoms with E-state index in [1.54, 1.807) is 12.2 Å². The highest BCUT2D eigenvalue weighted by Crippen LogP contribution is 2.23. The molecule has 0 bridgehead atoms. The molecule has 0 fully saturated rings. The lowest BCUT2D eigenvalue weighted by atomic mass is 10.1. The summed E-state index contributed by atoms with van der Waals surface area (Å²) in [5.74, 6) is 0.535. The molecule has 0 saturated heterocycles. The monoisotopic (exact) mass is 368 g/mol. The van der Waals surface area contributed by atoms with Crippen molar-refractivity contribution in [2.45, 2.75) is 53.0 Å². The fourth-order valence-corrected chi connectivity index (χ4v) is 3.04. The van der Waals surface area contributed by atoms with E-state index in [0.29, 0.717) is 35.5 Å². The molecule has 0 amide bonds. The molecule has 1 aromatic carbocycles. The molecule has 0 spiro atoms. The van der Waals surface area contributed by atoms with Crippen LogP contribution < -0.4 is 10.6 Å². The second kappa shape index (κ2) is 9.95. The largest absolute Gasteiger partial charge is 0.491 e. The van der Waals surface area contributed by atoms with Crippen LogP contribution in [0, 0.1) is 5.41 Å². The fraction of sp³-hybridized carbons (Fsp3) is 0.455. The Morgan fingerprint density at radius 1 is 1.11 bits per heavy atom. The van der Waals surface area contributed by atoms with Crippen molar-refractivity contribution in [2.75, 3.05) is 18.1 Å². The van der Waals surface area contributed by atoms with E-state index >= 15 is 0 Å². The zero-order valence-electron chi connectivity index (χ0n) is 17.0. The standard InChI is InChI=1S/C22H32N4O/c1-5-7-8-13-27-22-15-21(19(23)14-20(22)24)25-17-9-11-18(12-10-17)26(6-2)16(3)4/h9-12,14-16,24H,5-8,13,23H2,1-4H3. The Hall–Kier alpha value is -2.56. The molecule has 5 heteroatoms. The van der Waals surface area contributed by atoms with Crippen LogP contribution in [0.4, 0.5) is 11.4 Å². The van der Waals surface area contributed by atoms with Gasteiger partial charge >= 0.3 is 0 Å². The number of unbranched alkanes of at least 4 members (excludes halogenated alkanes) is 2. The van der Waals surface area contributed by atoms with Gasteiger partial charge in [-0.2, -0.15) is 0 Å². The molecule has 0 aliphatic heterocycles. The molecular weight excluding hydrogens is 336 g/mol. The number of benzene rings is 1. The SMILES string of the molecule is CCCCCOC1=CC(=Nc2ccc(N(CC)C(C)C)cc2)C(N)=CC1=N. The van der Waals surface area contributed by atoms with Crippen molar-refractivity contribution in [3.63, 3.8) is 0 Å². The third-order valence-electron chi connectivity index (χ3n) is 4.53. The van der Waals surface area contributed by atoms with Crippen LogP contribution >= 0.6 is 0 Å². The highest BCUT2D eigenvalue weighted by Gasteiger charge is 2.16. The molecule has 1 aliphatic carbocycles. The molecule has 1 aromatic rings. The summed E-state index contributed by atoms with van der Waals surface area (Å²) >= 11 is 0. The Balaban J connectivity index is 2.16. The Labute approximate surface area is 163 Å². The Kier molecular flexibility index (Phi) is 7.65. The maximum absolute atomic E-state index is 8.05. The highest BCUT2D eigenvalue weighted by atomic mass is 16.5. The number of allylic oxidation sites excluding steroid dienone is 2. The van der Waals surface area contributed by atoms with Gasteiger partial charge < -0.3 is 15.4 Å². The summed E-state index contributed by atoms with van der Waals surface area (Å²) in [4.78, 5) is 6.98. The molecule has 0 radical (unpaired) electrons. The number of anilines is 1. The zero-order valence-corrected chi connectivity index (χ0v) is 17.0. The number of hydrogen-bond acceptors (Lipinski definition) is 5. The molecule has 0 aromatic heterocycles. The number of nitrogens with two attached hydrogens (primary N) is 1. The fourth-order valence-electron chi connectivity index (χ4n) is 3.04. The van der Waals surface area contributed by atoms with Crippen molar-refractivity contribution < 1.29 is 4.74 Å².